The van der Waals surface area contributed by atoms with Crippen LogP contribution >= 0.6 is 11.6 Å². The first-order valence-corrected chi connectivity index (χ1v) is 8.47. The lowest BCUT2D eigenvalue weighted by Gasteiger charge is -2.13. The summed E-state index contributed by atoms with van der Waals surface area (Å²) in [5.74, 6) is 0.712. The Kier molecular flexibility index (Phi) is 3.81. The van der Waals surface area contributed by atoms with Crippen LogP contribution in [0.5, 0.6) is 5.75 Å². The van der Waals surface area contributed by atoms with E-state index in [1.807, 2.05) is 43.3 Å². The van der Waals surface area contributed by atoms with Crippen LogP contribution in [0.15, 0.2) is 45.6 Å². The predicted octanol–water partition coefficient (Wildman–Crippen LogP) is 4.82. The number of halogens is 1. The molecule has 0 spiro atoms. The Balaban J connectivity index is 1.73. The van der Waals surface area contributed by atoms with Crippen LogP contribution in [0.25, 0.3) is 11.0 Å². The van der Waals surface area contributed by atoms with Gasteiger partial charge in [0.2, 0.25) is 0 Å². The number of aryl methyl sites for hydroxylation is 2. The lowest BCUT2D eigenvalue weighted by molar-refractivity contribution is 0.304. The topological polar surface area (TPSA) is 39.4 Å². The van der Waals surface area contributed by atoms with E-state index < -0.39 is 0 Å². The van der Waals surface area contributed by atoms with Crippen molar-refractivity contribution in [2.24, 2.45) is 0 Å². The van der Waals surface area contributed by atoms with Crippen LogP contribution in [0, 0.1) is 6.92 Å². The van der Waals surface area contributed by atoms with Crippen LogP contribution in [0.4, 0.5) is 0 Å². The minimum Gasteiger partial charge on any atom is -0.488 e. The highest BCUT2D eigenvalue weighted by Gasteiger charge is 2.21. The number of fused-ring (bicyclic) bond motifs is 3. The molecule has 0 atom stereocenters. The highest BCUT2D eigenvalue weighted by atomic mass is 35.5. The number of ether oxygens (including phenoxy) is 1. The van der Waals surface area contributed by atoms with E-state index in [0.717, 1.165) is 46.9 Å². The summed E-state index contributed by atoms with van der Waals surface area (Å²) in [6, 6.07) is 11.6. The molecule has 122 valence electrons. The quantitative estimate of drug-likeness (QED) is 0.641. The maximum absolute atomic E-state index is 12.2. The highest BCUT2D eigenvalue weighted by Crippen LogP contribution is 2.33. The van der Waals surface area contributed by atoms with Crippen molar-refractivity contribution in [3.05, 3.63) is 74.1 Å². The minimum absolute atomic E-state index is 0.207. The first-order valence-electron chi connectivity index (χ1n) is 8.09. The van der Waals surface area contributed by atoms with Gasteiger partial charge in [0, 0.05) is 27.1 Å². The molecule has 1 heterocycles. The summed E-state index contributed by atoms with van der Waals surface area (Å²) in [6.45, 7) is 2.30. The van der Waals surface area contributed by atoms with Gasteiger partial charge in [0.05, 0.1) is 0 Å². The maximum Gasteiger partial charge on any atom is 0.339 e. The van der Waals surface area contributed by atoms with Gasteiger partial charge in [0.25, 0.3) is 0 Å². The molecule has 3 aromatic rings. The molecule has 0 amide bonds. The van der Waals surface area contributed by atoms with Gasteiger partial charge in [-0.1, -0.05) is 29.8 Å². The molecule has 24 heavy (non-hydrogen) atoms. The Morgan fingerprint density at radius 3 is 2.75 bits per heavy atom. The fourth-order valence-corrected chi connectivity index (χ4v) is 3.58. The molecular formula is C20H17ClO3. The molecule has 3 nitrogen and oxygen atoms in total. The molecule has 4 heteroatoms. The van der Waals surface area contributed by atoms with Gasteiger partial charge < -0.3 is 9.15 Å². The molecule has 0 unspecified atom stereocenters. The SMILES string of the molecule is Cc1c(OCc2ccccc2Cl)ccc2c3c(c(=O)oc12)CCC3. The third-order valence-corrected chi connectivity index (χ3v) is 5.05. The van der Waals surface area contributed by atoms with Crippen molar-refractivity contribution in [2.75, 3.05) is 0 Å². The highest BCUT2D eigenvalue weighted by molar-refractivity contribution is 6.31. The van der Waals surface area contributed by atoms with Gasteiger partial charge in [-0.15, -0.1) is 0 Å². The Labute approximate surface area is 144 Å². The van der Waals surface area contributed by atoms with Crippen molar-refractivity contribution in [1.82, 2.24) is 0 Å². The van der Waals surface area contributed by atoms with Gasteiger partial charge in [-0.2, -0.15) is 0 Å². The van der Waals surface area contributed by atoms with Crippen LogP contribution < -0.4 is 10.4 Å². The van der Waals surface area contributed by atoms with E-state index in [9.17, 15) is 4.79 Å². The predicted molar refractivity (Wildman–Crippen MR) is 95.0 cm³/mol. The monoisotopic (exact) mass is 340 g/mol. The van der Waals surface area contributed by atoms with Crippen molar-refractivity contribution in [3.8, 4) is 5.75 Å². The second-order valence-electron chi connectivity index (χ2n) is 6.15. The van der Waals surface area contributed by atoms with Gasteiger partial charge in [-0.05, 0) is 49.9 Å². The summed E-state index contributed by atoms with van der Waals surface area (Å²) in [4.78, 5) is 12.2. The third kappa shape index (κ3) is 2.49. The van der Waals surface area contributed by atoms with Crippen molar-refractivity contribution in [1.29, 1.82) is 0 Å². The van der Waals surface area contributed by atoms with Crippen LogP contribution in [0.2, 0.25) is 5.02 Å². The molecule has 0 bridgehead atoms. The van der Waals surface area contributed by atoms with Crippen molar-refractivity contribution >= 4 is 22.6 Å². The van der Waals surface area contributed by atoms with Crippen molar-refractivity contribution < 1.29 is 9.15 Å². The number of hydrogen-bond acceptors (Lipinski definition) is 3. The molecular weight excluding hydrogens is 324 g/mol. The molecule has 1 aliphatic carbocycles. The van der Waals surface area contributed by atoms with E-state index in [0.29, 0.717) is 23.0 Å². The summed E-state index contributed by atoms with van der Waals surface area (Å²) in [7, 11) is 0. The molecule has 4 rings (SSSR count). The third-order valence-electron chi connectivity index (χ3n) is 4.68. The lowest BCUT2D eigenvalue weighted by atomic mass is 10.0. The van der Waals surface area contributed by atoms with Gasteiger partial charge >= 0.3 is 5.63 Å². The first-order chi connectivity index (χ1) is 11.6. The first kappa shape index (κ1) is 15.3. The van der Waals surface area contributed by atoms with Gasteiger partial charge in [-0.3, -0.25) is 0 Å². The second-order valence-corrected chi connectivity index (χ2v) is 6.55. The zero-order valence-electron chi connectivity index (χ0n) is 13.4. The molecule has 0 saturated heterocycles. The van der Waals surface area contributed by atoms with E-state index >= 15 is 0 Å². The zero-order chi connectivity index (χ0) is 16.7. The largest absolute Gasteiger partial charge is 0.488 e. The Morgan fingerprint density at radius 2 is 1.92 bits per heavy atom. The second kappa shape index (κ2) is 5.99. The van der Waals surface area contributed by atoms with Crippen molar-refractivity contribution in [3.63, 3.8) is 0 Å². The Morgan fingerprint density at radius 1 is 1.12 bits per heavy atom. The minimum atomic E-state index is -0.207. The molecule has 0 saturated carbocycles. The molecule has 2 aromatic carbocycles. The number of rotatable bonds is 3. The van der Waals surface area contributed by atoms with E-state index in [4.69, 9.17) is 20.8 Å². The average Bonchev–Trinajstić information content (AvgIpc) is 3.07. The van der Waals surface area contributed by atoms with Crippen LogP contribution in [0.3, 0.4) is 0 Å². The normalized spacial score (nSPS) is 13.2. The van der Waals surface area contributed by atoms with Gasteiger partial charge in [-0.25, -0.2) is 4.79 Å². The Hall–Kier alpha value is -2.26. The molecule has 0 fully saturated rings. The van der Waals surface area contributed by atoms with Crippen LogP contribution in [-0.4, -0.2) is 0 Å². The lowest BCUT2D eigenvalue weighted by Crippen LogP contribution is -2.08. The smallest absolute Gasteiger partial charge is 0.339 e. The summed E-state index contributed by atoms with van der Waals surface area (Å²) in [5.41, 5.74) is 4.19. The molecule has 0 N–H and O–H groups in total. The Bertz CT molecular complexity index is 988. The fourth-order valence-electron chi connectivity index (χ4n) is 3.39. The molecule has 0 aliphatic heterocycles. The fraction of sp³-hybridized carbons (Fsp3) is 0.250. The summed E-state index contributed by atoms with van der Waals surface area (Å²) >= 11 is 6.17. The van der Waals surface area contributed by atoms with Gasteiger partial charge in [0.1, 0.15) is 17.9 Å². The van der Waals surface area contributed by atoms with Gasteiger partial charge in [0.15, 0.2) is 0 Å². The van der Waals surface area contributed by atoms with Crippen LogP contribution in [0.1, 0.15) is 28.7 Å². The molecule has 0 radical (unpaired) electrons. The van der Waals surface area contributed by atoms with E-state index in [1.54, 1.807) is 0 Å². The number of hydrogen-bond donors (Lipinski definition) is 0. The van der Waals surface area contributed by atoms with Crippen LogP contribution in [-0.2, 0) is 19.4 Å². The van der Waals surface area contributed by atoms with Crippen molar-refractivity contribution in [2.45, 2.75) is 32.8 Å². The molecule has 1 aromatic heterocycles. The van der Waals surface area contributed by atoms with E-state index in [-0.39, 0.29) is 5.63 Å². The summed E-state index contributed by atoms with van der Waals surface area (Å²) in [6.07, 6.45) is 2.77. The molecule has 1 aliphatic rings. The zero-order valence-corrected chi connectivity index (χ0v) is 14.2. The average molecular weight is 341 g/mol. The van der Waals surface area contributed by atoms with E-state index in [2.05, 4.69) is 0 Å². The summed E-state index contributed by atoms with van der Waals surface area (Å²) in [5, 5.41) is 1.71. The maximum atomic E-state index is 12.2. The summed E-state index contributed by atoms with van der Waals surface area (Å²) < 4.78 is 11.5. The number of benzene rings is 2. The van der Waals surface area contributed by atoms with E-state index in [1.165, 1.54) is 0 Å². The standard InChI is InChI=1S/C20H17ClO3/c1-12-18(23-11-13-5-2-3-8-17(13)21)10-9-15-14-6-4-7-16(14)20(22)24-19(12)15/h2-3,5,8-10H,4,6-7,11H2,1H3.